The third kappa shape index (κ3) is 3.01. The monoisotopic (exact) mass is 423 g/mol. The normalized spacial score (nSPS) is 21.0. The predicted molar refractivity (Wildman–Crippen MR) is 108 cm³/mol. The molecule has 5 rings (SSSR count). The van der Waals surface area contributed by atoms with Gasteiger partial charge in [0.2, 0.25) is 5.43 Å². The van der Waals surface area contributed by atoms with Crippen LogP contribution in [0.5, 0.6) is 5.75 Å². The van der Waals surface area contributed by atoms with Crippen LogP contribution in [0.15, 0.2) is 59.5 Å². The summed E-state index contributed by atoms with van der Waals surface area (Å²) < 4.78 is 29.3. The highest BCUT2D eigenvalue weighted by atomic mass is 19.2. The molecule has 0 bridgehead atoms. The van der Waals surface area contributed by atoms with Gasteiger partial charge in [-0.1, -0.05) is 36.4 Å². The molecule has 1 saturated heterocycles. The Hall–Kier alpha value is -3.55. The van der Waals surface area contributed by atoms with Gasteiger partial charge in [0.05, 0.1) is 18.3 Å². The second kappa shape index (κ2) is 7.30. The van der Waals surface area contributed by atoms with Gasteiger partial charge >= 0.3 is 0 Å². The molecule has 1 unspecified atom stereocenters. The lowest BCUT2D eigenvalue weighted by molar-refractivity contribution is 0.0565. The fourth-order valence-electron chi connectivity index (χ4n) is 4.90. The van der Waals surface area contributed by atoms with Crippen molar-refractivity contribution in [1.82, 2.24) is 14.7 Å². The minimum absolute atomic E-state index is 0.167. The number of fused-ring (bicyclic) bond motifs is 2. The lowest BCUT2D eigenvalue weighted by Gasteiger charge is -2.42. The van der Waals surface area contributed by atoms with E-state index in [1.54, 1.807) is 4.90 Å². The van der Waals surface area contributed by atoms with E-state index in [4.69, 9.17) is 0 Å². The van der Waals surface area contributed by atoms with Crippen LogP contribution in [0.3, 0.4) is 0 Å². The number of hydrogen-bond acceptors (Lipinski definition) is 4. The van der Waals surface area contributed by atoms with Crippen molar-refractivity contribution in [2.75, 3.05) is 6.54 Å². The molecule has 1 fully saturated rings. The topological polar surface area (TPSA) is 75.4 Å². The van der Waals surface area contributed by atoms with Gasteiger partial charge in [-0.25, -0.2) is 8.78 Å². The van der Waals surface area contributed by atoms with Crippen molar-refractivity contribution in [3.8, 4) is 5.75 Å². The molecule has 1 amide bonds. The summed E-state index contributed by atoms with van der Waals surface area (Å²) in [6.45, 7) is 0.488. The standard InChI is InChI=1S/C23H19F2N3O3/c24-15-9-8-14(11-16(15)25)19(13-5-2-1-3-6-13)20-17-7-4-10-27(17)23(31)21-22(30)18(29)12-26-28(20)21/h1-3,5-6,8-9,11-12,17,19-20,30H,4,7,10H2/t17-,19?,20-/m1/s1. The first-order valence-electron chi connectivity index (χ1n) is 10.1. The highest BCUT2D eigenvalue weighted by Gasteiger charge is 2.48. The third-order valence-corrected chi connectivity index (χ3v) is 6.23. The van der Waals surface area contributed by atoms with Crippen LogP contribution in [0.4, 0.5) is 8.78 Å². The van der Waals surface area contributed by atoms with Crippen LogP contribution in [0.1, 0.15) is 46.4 Å². The molecule has 1 aromatic heterocycles. The smallest absolute Gasteiger partial charge is 0.276 e. The van der Waals surface area contributed by atoms with Gasteiger partial charge in [-0.15, -0.1) is 0 Å². The largest absolute Gasteiger partial charge is 0.502 e. The van der Waals surface area contributed by atoms with Gasteiger partial charge in [0, 0.05) is 12.5 Å². The van der Waals surface area contributed by atoms with E-state index in [9.17, 15) is 23.5 Å². The molecule has 2 aromatic carbocycles. The Morgan fingerprint density at radius 1 is 1.03 bits per heavy atom. The number of rotatable bonds is 3. The molecule has 3 heterocycles. The molecule has 8 heteroatoms. The van der Waals surface area contributed by atoms with Crippen molar-refractivity contribution in [3.05, 3.63) is 93.4 Å². The van der Waals surface area contributed by atoms with E-state index < -0.39 is 40.7 Å². The summed E-state index contributed by atoms with van der Waals surface area (Å²) in [5, 5.41) is 14.6. The van der Waals surface area contributed by atoms with Crippen LogP contribution in [-0.2, 0) is 0 Å². The summed E-state index contributed by atoms with van der Waals surface area (Å²) in [6, 6.07) is 12.3. The van der Waals surface area contributed by atoms with E-state index >= 15 is 0 Å². The summed E-state index contributed by atoms with van der Waals surface area (Å²) in [6.07, 6.45) is 2.43. The molecular formula is C23H19F2N3O3. The number of amides is 1. The zero-order valence-electron chi connectivity index (χ0n) is 16.4. The van der Waals surface area contributed by atoms with Crippen molar-refractivity contribution in [3.63, 3.8) is 0 Å². The van der Waals surface area contributed by atoms with E-state index in [-0.39, 0.29) is 11.7 Å². The van der Waals surface area contributed by atoms with E-state index in [0.29, 0.717) is 18.5 Å². The highest BCUT2D eigenvalue weighted by Crippen LogP contribution is 2.45. The quantitative estimate of drug-likeness (QED) is 0.702. The van der Waals surface area contributed by atoms with Gasteiger partial charge in [0.25, 0.3) is 5.91 Å². The molecule has 2 aliphatic rings. The summed E-state index contributed by atoms with van der Waals surface area (Å²) >= 11 is 0. The maximum Gasteiger partial charge on any atom is 0.276 e. The number of carbonyl (C=O) groups excluding carboxylic acids is 1. The van der Waals surface area contributed by atoms with E-state index in [1.165, 1.54) is 10.7 Å². The first-order valence-corrected chi connectivity index (χ1v) is 10.1. The van der Waals surface area contributed by atoms with E-state index in [1.807, 2.05) is 30.3 Å². The number of nitrogens with zero attached hydrogens (tertiary/aromatic N) is 3. The fraction of sp³-hybridized carbons (Fsp3) is 0.261. The van der Waals surface area contributed by atoms with Crippen molar-refractivity contribution < 1.29 is 18.7 Å². The van der Waals surface area contributed by atoms with Crippen LogP contribution < -0.4 is 5.43 Å². The molecule has 158 valence electrons. The number of halogens is 2. The van der Waals surface area contributed by atoms with Gasteiger partial charge in [-0.3, -0.25) is 14.3 Å². The van der Waals surface area contributed by atoms with Crippen molar-refractivity contribution in [2.45, 2.75) is 30.8 Å². The summed E-state index contributed by atoms with van der Waals surface area (Å²) in [5.41, 5.74) is 0.437. The van der Waals surface area contributed by atoms with Crippen LogP contribution in [0, 0.1) is 11.6 Å². The summed E-state index contributed by atoms with van der Waals surface area (Å²) in [5.74, 6) is -3.50. The molecule has 0 spiro atoms. The van der Waals surface area contributed by atoms with Crippen LogP contribution in [0.25, 0.3) is 0 Å². The number of aromatic hydroxyl groups is 1. The predicted octanol–water partition coefficient (Wildman–Crippen LogP) is 3.22. The lowest BCUT2D eigenvalue weighted by Crippen LogP contribution is -2.50. The Labute approximate surface area is 176 Å². The second-order valence-corrected chi connectivity index (χ2v) is 7.91. The highest BCUT2D eigenvalue weighted by molar-refractivity contribution is 5.96. The van der Waals surface area contributed by atoms with Gasteiger partial charge in [0.1, 0.15) is 0 Å². The average Bonchev–Trinajstić information content (AvgIpc) is 3.26. The molecule has 0 radical (unpaired) electrons. The average molecular weight is 423 g/mol. The first kappa shape index (κ1) is 19.4. The van der Waals surface area contributed by atoms with Crippen molar-refractivity contribution in [1.29, 1.82) is 0 Å². The minimum atomic E-state index is -0.968. The molecule has 1 N–H and O–H groups in total. The zero-order chi connectivity index (χ0) is 21.7. The Balaban J connectivity index is 1.78. The molecule has 3 aromatic rings. The van der Waals surface area contributed by atoms with Crippen LogP contribution >= 0.6 is 0 Å². The Kier molecular flexibility index (Phi) is 4.57. The second-order valence-electron chi connectivity index (χ2n) is 7.91. The first-order chi connectivity index (χ1) is 15.0. The molecule has 2 aliphatic heterocycles. The molecule has 0 saturated carbocycles. The zero-order valence-corrected chi connectivity index (χ0v) is 16.4. The summed E-state index contributed by atoms with van der Waals surface area (Å²) in [7, 11) is 0. The number of carbonyl (C=O) groups is 1. The third-order valence-electron chi connectivity index (χ3n) is 6.23. The van der Waals surface area contributed by atoms with Crippen LogP contribution in [-0.4, -0.2) is 38.3 Å². The molecular weight excluding hydrogens is 404 g/mol. The summed E-state index contributed by atoms with van der Waals surface area (Å²) in [4.78, 5) is 26.8. The van der Waals surface area contributed by atoms with E-state index in [2.05, 4.69) is 5.10 Å². The Morgan fingerprint density at radius 2 is 1.81 bits per heavy atom. The Morgan fingerprint density at radius 3 is 2.55 bits per heavy atom. The SMILES string of the molecule is O=C1c2c(O)c(=O)cnn2[C@@H](C(c2ccccc2)c2ccc(F)c(F)c2)[C@H]2CCCN12. The number of benzene rings is 2. The van der Waals surface area contributed by atoms with Crippen molar-refractivity contribution in [2.24, 2.45) is 0 Å². The minimum Gasteiger partial charge on any atom is -0.502 e. The van der Waals surface area contributed by atoms with Gasteiger partial charge in [0.15, 0.2) is 23.1 Å². The number of aromatic nitrogens is 2. The van der Waals surface area contributed by atoms with Crippen molar-refractivity contribution >= 4 is 5.91 Å². The Bertz CT molecular complexity index is 1230. The number of hydrogen-bond donors (Lipinski definition) is 1. The molecule has 0 aliphatic carbocycles. The molecule has 3 atom stereocenters. The van der Waals surface area contributed by atoms with E-state index in [0.717, 1.165) is 30.3 Å². The van der Waals surface area contributed by atoms with Gasteiger partial charge in [-0.2, -0.15) is 5.10 Å². The lowest BCUT2D eigenvalue weighted by atomic mass is 9.80. The van der Waals surface area contributed by atoms with Crippen LogP contribution in [0.2, 0.25) is 0 Å². The molecule has 31 heavy (non-hydrogen) atoms. The maximum absolute atomic E-state index is 14.2. The van der Waals surface area contributed by atoms with Gasteiger partial charge < -0.3 is 10.0 Å². The maximum atomic E-state index is 14.2. The van der Waals surface area contributed by atoms with Gasteiger partial charge in [-0.05, 0) is 36.1 Å². The molecule has 6 nitrogen and oxygen atoms in total. The fourth-order valence-corrected chi connectivity index (χ4v) is 4.90.